The van der Waals surface area contributed by atoms with Gasteiger partial charge in [-0.05, 0) is 26.0 Å². The summed E-state index contributed by atoms with van der Waals surface area (Å²) in [7, 11) is -3.72. The molecule has 0 unspecified atom stereocenters. The molecule has 0 spiro atoms. The zero-order valence-corrected chi connectivity index (χ0v) is 18.5. The first kappa shape index (κ1) is 21.1. The van der Waals surface area contributed by atoms with Gasteiger partial charge in [-0.25, -0.2) is 8.42 Å². The lowest BCUT2D eigenvalue weighted by molar-refractivity contribution is -0.114. The Morgan fingerprint density at radius 2 is 1.87 bits per heavy atom. The number of amides is 1. The minimum absolute atomic E-state index is 0.0696. The number of rotatable bonds is 7. The molecule has 1 aliphatic heterocycles. The fourth-order valence-corrected chi connectivity index (χ4v) is 4.75. The standard InChI is InChI=1S/C20H20N4O5S2/c1-3-31(26,27)24(15-8-9-16-17(10-15)29-12-28-16)11-18(25)21-20-23-22-19(30-20)14-6-4-13(2)5-7-14/h4-10H,3,11-12H2,1-2H3,(H,21,23,25). The van der Waals surface area contributed by atoms with Crippen molar-refractivity contribution < 1.29 is 22.7 Å². The molecule has 3 aromatic rings. The van der Waals surface area contributed by atoms with Crippen LogP contribution in [-0.2, 0) is 14.8 Å². The zero-order chi connectivity index (χ0) is 22.0. The second-order valence-electron chi connectivity index (χ2n) is 6.77. The largest absolute Gasteiger partial charge is 0.454 e. The second kappa shape index (κ2) is 8.52. The van der Waals surface area contributed by atoms with Gasteiger partial charge in [-0.15, -0.1) is 10.2 Å². The second-order valence-corrected chi connectivity index (χ2v) is 9.93. The average Bonchev–Trinajstić information content (AvgIpc) is 3.41. The summed E-state index contributed by atoms with van der Waals surface area (Å²) >= 11 is 1.21. The number of aryl methyl sites for hydroxylation is 1. The number of ether oxygens (including phenoxy) is 2. The van der Waals surface area contributed by atoms with Gasteiger partial charge in [-0.1, -0.05) is 41.2 Å². The van der Waals surface area contributed by atoms with E-state index in [4.69, 9.17) is 9.47 Å². The van der Waals surface area contributed by atoms with Crippen molar-refractivity contribution in [3.05, 3.63) is 48.0 Å². The van der Waals surface area contributed by atoms with Gasteiger partial charge in [0.1, 0.15) is 11.6 Å². The van der Waals surface area contributed by atoms with Crippen molar-refractivity contribution in [3.63, 3.8) is 0 Å². The quantitative estimate of drug-likeness (QED) is 0.577. The van der Waals surface area contributed by atoms with Crippen molar-refractivity contribution in [3.8, 4) is 22.1 Å². The molecule has 0 atom stereocenters. The van der Waals surface area contributed by atoms with Crippen molar-refractivity contribution in [1.82, 2.24) is 10.2 Å². The normalized spacial score (nSPS) is 12.6. The van der Waals surface area contributed by atoms with Crippen LogP contribution in [0.15, 0.2) is 42.5 Å². The summed E-state index contributed by atoms with van der Waals surface area (Å²) in [6, 6.07) is 12.5. The van der Waals surface area contributed by atoms with Gasteiger partial charge in [-0.2, -0.15) is 0 Å². The van der Waals surface area contributed by atoms with Crippen molar-refractivity contribution in [1.29, 1.82) is 0 Å². The molecule has 1 aliphatic rings. The van der Waals surface area contributed by atoms with Crippen molar-refractivity contribution in [2.45, 2.75) is 13.8 Å². The van der Waals surface area contributed by atoms with Crippen LogP contribution in [-0.4, -0.2) is 43.6 Å². The molecule has 162 valence electrons. The number of nitrogens with zero attached hydrogens (tertiary/aromatic N) is 3. The van der Waals surface area contributed by atoms with Gasteiger partial charge in [0.15, 0.2) is 11.5 Å². The van der Waals surface area contributed by atoms with Gasteiger partial charge in [0.05, 0.1) is 11.4 Å². The molecule has 0 bridgehead atoms. The number of carbonyl (C=O) groups excluding carboxylic acids is 1. The Balaban J connectivity index is 1.51. The molecule has 1 N–H and O–H groups in total. The van der Waals surface area contributed by atoms with Crippen molar-refractivity contribution >= 4 is 38.1 Å². The molecule has 2 aromatic carbocycles. The highest BCUT2D eigenvalue weighted by Crippen LogP contribution is 2.36. The van der Waals surface area contributed by atoms with Crippen LogP contribution in [0.1, 0.15) is 12.5 Å². The molecular weight excluding hydrogens is 440 g/mol. The number of carbonyl (C=O) groups is 1. The maximum Gasteiger partial charge on any atom is 0.246 e. The Morgan fingerprint density at radius 3 is 2.61 bits per heavy atom. The summed E-state index contributed by atoms with van der Waals surface area (Å²) in [6.45, 7) is 3.17. The van der Waals surface area contributed by atoms with Gasteiger partial charge in [0.2, 0.25) is 27.9 Å². The van der Waals surface area contributed by atoms with Crippen LogP contribution in [0.2, 0.25) is 0 Å². The van der Waals surface area contributed by atoms with Gasteiger partial charge in [-0.3, -0.25) is 14.4 Å². The third-order valence-corrected chi connectivity index (χ3v) is 7.23. The fourth-order valence-electron chi connectivity index (χ4n) is 2.92. The first-order chi connectivity index (χ1) is 14.9. The molecule has 1 aromatic heterocycles. The molecule has 1 amide bonds. The van der Waals surface area contributed by atoms with Crippen LogP contribution in [0.4, 0.5) is 10.8 Å². The van der Waals surface area contributed by atoms with E-state index < -0.39 is 22.5 Å². The Bertz CT molecular complexity index is 1210. The van der Waals surface area contributed by atoms with Crippen LogP contribution in [0.3, 0.4) is 0 Å². The van der Waals surface area contributed by atoms with E-state index in [1.165, 1.54) is 18.3 Å². The fraction of sp³-hybridized carbons (Fsp3) is 0.250. The SMILES string of the molecule is CCS(=O)(=O)N(CC(=O)Nc1nnc(-c2ccc(C)cc2)s1)c1ccc2c(c1)OCO2. The van der Waals surface area contributed by atoms with Crippen LogP contribution in [0.5, 0.6) is 11.5 Å². The van der Waals surface area contributed by atoms with Gasteiger partial charge >= 0.3 is 0 Å². The maximum atomic E-state index is 12.7. The first-order valence-corrected chi connectivity index (χ1v) is 11.9. The summed E-state index contributed by atoms with van der Waals surface area (Å²) < 4.78 is 36.9. The Kier molecular flexibility index (Phi) is 5.79. The van der Waals surface area contributed by atoms with Crippen LogP contribution in [0.25, 0.3) is 10.6 Å². The predicted octanol–water partition coefficient (Wildman–Crippen LogP) is 3.04. The molecule has 2 heterocycles. The Morgan fingerprint density at radius 1 is 1.13 bits per heavy atom. The van der Waals surface area contributed by atoms with Crippen molar-refractivity contribution in [2.24, 2.45) is 0 Å². The van der Waals surface area contributed by atoms with E-state index in [1.54, 1.807) is 18.2 Å². The summed E-state index contributed by atoms with van der Waals surface area (Å²) in [5, 5.41) is 11.7. The minimum Gasteiger partial charge on any atom is -0.454 e. The maximum absolute atomic E-state index is 12.7. The highest BCUT2D eigenvalue weighted by molar-refractivity contribution is 7.92. The molecule has 9 nitrogen and oxygen atoms in total. The lowest BCUT2D eigenvalue weighted by Crippen LogP contribution is -2.39. The molecule has 0 fully saturated rings. The summed E-state index contributed by atoms with van der Waals surface area (Å²) in [6.07, 6.45) is 0. The number of nitrogens with one attached hydrogen (secondary N) is 1. The number of hydrogen-bond acceptors (Lipinski definition) is 8. The number of sulfonamides is 1. The summed E-state index contributed by atoms with van der Waals surface area (Å²) in [5.41, 5.74) is 2.33. The molecule has 31 heavy (non-hydrogen) atoms. The number of fused-ring (bicyclic) bond motifs is 1. The van der Waals surface area contributed by atoms with Gasteiger partial charge < -0.3 is 9.47 Å². The van der Waals surface area contributed by atoms with Gasteiger partial charge in [0, 0.05) is 11.6 Å². The van der Waals surface area contributed by atoms with Crippen LogP contribution < -0.4 is 19.1 Å². The molecule has 4 rings (SSSR count). The third kappa shape index (κ3) is 4.62. The third-order valence-electron chi connectivity index (χ3n) is 4.60. The van der Waals surface area contributed by atoms with E-state index in [0.29, 0.717) is 27.3 Å². The molecule has 0 radical (unpaired) electrons. The number of benzene rings is 2. The van der Waals surface area contributed by atoms with E-state index in [-0.39, 0.29) is 12.5 Å². The topological polar surface area (TPSA) is 111 Å². The number of hydrogen-bond donors (Lipinski definition) is 1. The van der Waals surface area contributed by atoms with E-state index in [1.807, 2.05) is 31.2 Å². The summed E-state index contributed by atoms with van der Waals surface area (Å²) in [5.74, 6) is 0.271. The predicted molar refractivity (Wildman–Crippen MR) is 118 cm³/mol. The lowest BCUT2D eigenvalue weighted by atomic mass is 10.2. The summed E-state index contributed by atoms with van der Waals surface area (Å²) in [4.78, 5) is 12.6. The number of aromatic nitrogens is 2. The monoisotopic (exact) mass is 460 g/mol. The zero-order valence-electron chi connectivity index (χ0n) is 16.9. The van der Waals surface area contributed by atoms with Crippen LogP contribution >= 0.6 is 11.3 Å². The lowest BCUT2D eigenvalue weighted by Gasteiger charge is -2.23. The minimum atomic E-state index is -3.72. The average molecular weight is 461 g/mol. The number of anilines is 2. The molecular formula is C20H20N4O5S2. The van der Waals surface area contributed by atoms with E-state index in [9.17, 15) is 13.2 Å². The molecule has 0 aliphatic carbocycles. The Labute approximate surface area is 183 Å². The molecule has 0 saturated heterocycles. The smallest absolute Gasteiger partial charge is 0.246 e. The van der Waals surface area contributed by atoms with Crippen LogP contribution in [0, 0.1) is 6.92 Å². The molecule has 11 heteroatoms. The molecule has 0 saturated carbocycles. The van der Waals surface area contributed by atoms with E-state index in [0.717, 1.165) is 15.4 Å². The highest BCUT2D eigenvalue weighted by atomic mass is 32.2. The van der Waals surface area contributed by atoms with E-state index in [2.05, 4.69) is 15.5 Å². The Hall–Kier alpha value is -3.18. The first-order valence-electron chi connectivity index (χ1n) is 9.46. The highest BCUT2D eigenvalue weighted by Gasteiger charge is 2.26. The van der Waals surface area contributed by atoms with E-state index >= 15 is 0 Å². The van der Waals surface area contributed by atoms with Crippen molar-refractivity contribution in [2.75, 3.05) is 28.7 Å². The van der Waals surface area contributed by atoms with Gasteiger partial charge in [0.25, 0.3) is 0 Å².